The standard InChI is InChI=1S/C20H19ClF2N4O4S2/c1-10(27-33(3,29)30)4-7-13-14(20(28)31-2)17(11-5-6-12(22)16(23)15(11)21)26-18(25-13)19-24-8-9-32-19/h5-6,8-9,17,27H,1,4,7H2,2-3H3,(H,25,26). The number of ether oxygens (including phenoxy) is 1. The quantitative estimate of drug-likeness (QED) is 0.411. The average Bonchev–Trinajstić information content (AvgIpc) is 3.29. The van der Waals surface area contributed by atoms with Crippen LogP contribution in [0.25, 0.3) is 0 Å². The fourth-order valence-corrected chi connectivity index (χ4v) is 4.63. The lowest BCUT2D eigenvalue weighted by molar-refractivity contribution is -0.136. The Hall–Kier alpha value is -2.83. The first-order valence-corrected chi connectivity index (χ1v) is 12.5. The Labute approximate surface area is 198 Å². The zero-order chi connectivity index (χ0) is 24.3. The monoisotopic (exact) mass is 516 g/mol. The third-order valence-corrected chi connectivity index (χ3v) is 6.36. The van der Waals surface area contributed by atoms with Crippen LogP contribution in [0.1, 0.15) is 29.5 Å². The van der Waals surface area contributed by atoms with Crippen LogP contribution in [-0.4, -0.2) is 38.6 Å². The van der Waals surface area contributed by atoms with Gasteiger partial charge < -0.3 is 10.1 Å². The number of sulfonamides is 1. The summed E-state index contributed by atoms with van der Waals surface area (Å²) in [5.74, 6) is -2.91. The Morgan fingerprint density at radius 2 is 2.12 bits per heavy atom. The van der Waals surface area contributed by atoms with Gasteiger partial charge in [-0.25, -0.2) is 27.0 Å². The number of aliphatic imine (C=N–C) groups is 1. The topological polar surface area (TPSA) is 110 Å². The third kappa shape index (κ3) is 5.75. The molecule has 2 heterocycles. The molecule has 176 valence electrons. The van der Waals surface area contributed by atoms with Crippen LogP contribution in [0.4, 0.5) is 8.78 Å². The van der Waals surface area contributed by atoms with Crippen LogP contribution in [-0.2, 0) is 19.6 Å². The van der Waals surface area contributed by atoms with Crippen LogP contribution < -0.4 is 10.0 Å². The Balaban J connectivity index is 2.11. The van der Waals surface area contributed by atoms with Crippen molar-refractivity contribution >= 4 is 44.8 Å². The number of hydrogen-bond acceptors (Lipinski definition) is 8. The second kappa shape index (κ2) is 9.98. The number of amidine groups is 1. The molecule has 33 heavy (non-hydrogen) atoms. The average molecular weight is 517 g/mol. The number of nitrogens with one attached hydrogen (secondary N) is 2. The molecular formula is C20H19ClF2N4O4S2. The van der Waals surface area contributed by atoms with E-state index in [9.17, 15) is 22.0 Å². The molecule has 0 amide bonds. The van der Waals surface area contributed by atoms with E-state index in [4.69, 9.17) is 16.3 Å². The number of rotatable bonds is 8. The van der Waals surface area contributed by atoms with Crippen molar-refractivity contribution in [2.75, 3.05) is 13.4 Å². The molecule has 0 radical (unpaired) electrons. The van der Waals surface area contributed by atoms with Gasteiger partial charge in [-0.2, -0.15) is 0 Å². The molecule has 2 aromatic rings. The molecule has 0 bridgehead atoms. The maximum atomic E-state index is 14.2. The molecule has 3 rings (SSSR count). The van der Waals surface area contributed by atoms with Crippen molar-refractivity contribution in [1.82, 2.24) is 15.0 Å². The maximum absolute atomic E-state index is 14.2. The summed E-state index contributed by atoms with van der Waals surface area (Å²) >= 11 is 7.35. The highest BCUT2D eigenvalue weighted by molar-refractivity contribution is 7.88. The van der Waals surface area contributed by atoms with Crippen LogP contribution in [0.3, 0.4) is 0 Å². The molecule has 8 nitrogen and oxygen atoms in total. The second-order valence-electron chi connectivity index (χ2n) is 6.97. The lowest BCUT2D eigenvalue weighted by Crippen LogP contribution is -2.34. The summed E-state index contributed by atoms with van der Waals surface area (Å²) in [5, 5.41) is 4.71. The van der Waals surface area contributed by atoms with Crippen molar-refractivity contribution in [2.24, 2.45) is 4.99 Å². The van der Waals surface area contributed by atoms with Crippen molar-refractivity contribution in [2.45, 2.75) is 18.9 Å². The molecule has 0 spiro atoms. The summed E-state index contributed by atoms with van der Waals surface area (Å²) in [6.45, 7) is 3.69. The molecule has 1 aliphatic rings. The summed E-state index contributed by atoms with van der Waals surface area (Å²) in [6.07, 6.45) is 2.79. The number of thiazole rings is 1. The smallest absolute Gasteiger partial charge is 0.338 e. The first-order chi connectivity index (χ1) is 15.5. The fraction of sp³-hybridized carbons (Fsp3) is 0.250. The molecular weight excluding hydrogens is 498 g/mol. The summed E-state index contributed by atoms with van der Waals surface area (Å²) in [7, 11) is -2.36. The molecule has 0 saturated heterocycles. The zero-order valence-corrected chi connectivity index (χ0v) is 19.9. The van der Waals surface area contributed by atoms with Crippen LogP contribution >= 0.6 is 22.9 Å². The van der Waals surface area contributed by atoms with E-state index in [0.29, 0.717) is 10.7 Å². The SMILES string of the molecule is C=C(CCC1=C(C(=O)OC)C(c2ccc(F)c(F)c2Cl)N=C(c2nccs2)N1)NS(C)(=O)=O. The number of hydrogen-bond donors (Lipinski definition) is 2. The number of allylic oxidation sites excluding steroid dienone is 2. The lowest BCUT2D eigenvalue weighted by atomic mass is 9.93. The normalized spacial score (nSPS) is 16.2. The first kappa shape index (κ1) is 24.8. The highest BCUT2D eigenvalue weighted by Crippen LogP contribution is 2.38. The third-order valence-electron chi connectivity index (χ3n) is 4.53. The first-order valence-electron chi connectivity index (χ1n) is 9.36. The van der Waals surface area contributed by atoms with E-state index in [2.05, 4.69) is 26.6 Å². The molecule has 13 heteroatoms. The molecule has 0 aliphatic carbocycles. The van der Waals surface area contributed by atoms with Gasteiger partial charge in [-0.1, -0.05) is 24.2 Å². The van der Waals surface area contributed by atoms with Gasteiger partial charge in [-0.3, -0.25) is 9.71 Å². The largest absolute Gasteiger partial charge is 0.466 e. The Morgan fingerprint density at radius 1 is 1.39 bits per heavy atom. The van der Waals surface area contributed by atoms with Gasteiger partial charge in [0.1, 0.15) is 6.04 Å². The minimum Gasteiger partial charge on any atom is -0.466 e. The van der Waals surface area contributed by atoms with Crippen molar-refractivity contribution < 1.29 is 26.7 Å². The van der Waals surface area contributed by atoms with E-state index in [1.807, 2.05) is 0 Å². The predicted octanol–water partition coefficient (Wildman–Crippen LogP) is 3.44. The van der Waals surface area contributed by atoms with Crippen LogP contribution in [0.5, 0.6) is 0 Å². The number of halogens is 3. The van der Waals surface area contributed by atoms with Crippen molar-refractivity contribution in [1.29, 1.82) is 0 Å². The molecule has 1 unspecified atom stereocenters. The Morgan fingerprint density at radius 3 is 2.73 bits per heavy atom. The molecule has 1 atom stereocenters. The molecule has 0 saturated carbocycles. The number of benzene rings is 1. The number of esters is 1. The number of methoxy groups -OCH3 is 1. The maximum Gasteiger partial charge on any atom is 0.338 e. The molecule has 1 aromatic heterocycles. The second-order valence-corrected chi connectivity index (χ2v) is 9.99. The van der Waals surface area contributed by atoms with E-state index in [1.165, 1.54) is 24.5 Å². The van der Waals surface area contributed by atoms with E-state index < -0.39 is 38.7 Å². The number of carbonyl (C=O) groups excluding carboxylic acids is 1. The van der Waals surface area contributed by atoms with Gasteiger partial charge >= 0.3 is 5.97 Å². The van der Waals surface area contributed by atoms with Crippen molar-refractivity contribution in [3.05, 3.63) is 74.5 Å². The Kier molecular flexibility index (Phi) is 7.50. The lowest BCUT2D eigenvalue weighted by Gasteiger charge is -2.27. The molecule has 0 fully saturated rings. The van der Waals surface area contributed by atoms with Crippen LogP contribution in [0.2, 0.25) is 5.02 Å². The number of nitrogens with zero attached hydrogens (tertiary/aromatic N) is 2. The summed E-state index contributed by atoms with van der Waals surface area (Å²) in [4.78, 5) is 21.4. The minimum atomic E-state index is -3.53. The van der Waals surface area contributed by atoms with Gasteiger partial charge in [0, 0.05) is 28.5 Å². The molecule has 2 N–H and O–H groups in total. The van der Waals surface area contributed by atoms with Gasteiger partial charge in [-0.15, -0.1) is 11.3 Å². The zero-order valence-electron chi connectivity index (χ0n) is 17.5. The van der Waals surface area contributed by atoms with E-state index in [1.54, 1.807) is 11.6 Å². The fourth-order valence-electron chi connectivity index (χ4n) is 3.16. The summed E-state index contributed by atoms with van der Waals surface area (Å²) in [5.41, 5.74) is 0.580. The highest BCUT2D eigenvalue weighted by atomic mass is 35.5. The van der Waals surface area contributed by atoms with Gasteiger partial charge in [0.05, 0.1) is 24.0 Å². The molecule has 1 aliphatic heterocycles. The number of carbonyl (C=O) groups is 1. The highest BCUT2D eigenvalue weighted by Gasteiger charge is 2.34. The molecule has 1 aromatic carbocycles. The van der Waals surface area contributed by atoms with Gasteiger partial charge in [0.2, 0.25) is 10.0 Å². The van der Waals surface area contributed by atoms with E-state index >= 15 is 0 Å². The summed E-state index contributed by atoms with van der Waals surface area (Å²) < 4.78 is 58.1. The minimum absolute atomic E-state index is 0.0119. The van der Waals surface area contributed by atoms with Crippen molar-refractivity contribution in [3.8, 4) is 0 Å². The number of aromatic nitrogens is 1. The van der Waals surface area contributed by atoms with Crippen LogP contribution in [0.15, 0.2) is 52.2 Å². The van der Waals surface area contributed by atoms with Crippen molar-refractivity contribution in [3.63, 3.8) is 0 Å². The summed E-state index contributed by atoms with van der Waals surface area (Å²) in [6, 6.07) is 1.000. The van der Waals surface area contributed by atoms with Gasteiger partial charge in [0.25, 0.3) is 0 Å². The van der Waals surface area contributed by atoms with E-state index in [0.717, 1.165) is 12.3 Å². The van der Waals surface area contributed by atoms with Gasteiger partial charge in [-0.05, 0) is 18.9 Å². The Bertz CT molecular complexity index is 1260. The predicted molar refractivity (Wildman–Crippen MR) is 121 cm³/mol. The van der Waals surface area contributed by atoms with E-state index in [-0.39, 0.29) is 35.5 Å². The van der Waals surface area contributed by atoms with Gasteiger partial charge in [0.15, 0.2) is 22.5 Å². The van der Waals surface area contributed by atoms with Crippen LogP contribution in [0, 0.1) is 11.6 Å².